The summed E-state index contributed by atoms with van der Waals surface area (Å²) in [6.07, 6.45) is 3.22. The molecule has 1 fully saturated rings. The molecule has 1 aromatic rings. The van der Waals surface area contributed by atoms with Crippen LogP contribution in [0.4, 0.5) is 0 Å². The lowest BCUT2D eigenvalue weighted by Gasteiger charge is -2.23. The summed E-state index contributed by atoms with van der Waals surface area (Å²) in [5.41, 5.74) is 2.02. The van der Waals surface area contributed by atoms with E-state index in [0.29, 0.717) is 0 Å². The van der Waals surface area contributed by atoms with Gasteiger partial charge in [-0.3, -0.25) is 4.79 Å². The molecule has 2 rings (SSSR count). The lowest BCUT2D eigenvalue weighted by molar-refractivity contribution is 0.0930. The number of nitrogens with one attached hydrogen (secondary N) is 2. The molecule has 0 aliphatic carbocycles. The fourth-order valence-electron chi connectivity index (χ4n) is 2.14. The molecule has 18 heavy (non-hydrogen) atoms. The van der Waals surface area contributed by atoms with Crippen LogP contribution < -0.4 is 10.6 Å². The van der Waals surface area contributed by atoms with Gasteiger partial charge in [-0.05, 0) is 43.5 Å². The Bertz CT molecular complexity index is 372. The SMILES string of the molecule is CCc1ccc(C(=O)NC2CCCNC2)cc1.Cl. The number of benzene rings is 1. The van der Waals surface area contributed by atoms with E-state index in [2.05, 4.69) is 17.6 Å². The largest absolute Gasteiger partial charge is 0.348 e. The molecule has 1 saturated heterocycles. The second kappa shape index (κ2) is 7.39. The van der Waals surface area contributed by atoms with Gasteiger partial charge in [-0.25, -0.2) is 0 Å². The van der Waals surface area contributed by atoms with E-state index in [1.54, 1.807) is 0 Å². The number of aryl methyl sites for hydroxylation is 1. The Morgan fingerprint density at radius 2 is 2.11 bits per heavy atom. The van der Waals surface area contributed by atoms with Crippen molar-refractivity contribution in [3.05, 3.63) is 35.4 Å². The molecule has 1 aliphatic heterocycles. The van der Waals surface area contributed by atoms with Gasteiger partial charge in [0.1, 0.15) is 0 Å². The summed E-state index contributed by atoms with van der Waals surface area (Å²) in [5, 5.41) is 6.37. The van der Waals surface area contributed by atoms with E-state index >= 15 is 0 Å². The van der Waals surface area contributed by atoms with E-state index in [1.165, 1.54) is 5.56 Å². The molecule has 1 heterocycles. The third kappa shape index (κ3) is 4.00. The predicted molar refractivity (Wildman–Crippen MR) is 76.4 cm³/mol. The van der Waals surface area contributed by atoms with E-state index in [1.807, 2.05) is 24.3 Å². The molecular weight excluding hydrogens is 248 g/mol. The van der Waals surface area contributed by atoms with Crippen LogP contribution >= 0.6 is 12.4 Å². The molecule has 1 amide bonds. The van der Waals surface area contributed by atoms with Crippen molar-refractivity contribution in [2.45, 2.75) is 32.2 Å². The molecule has 3 nitrogen and oxygen atoms in total. The summed E-state index contributed by atoms with van der Waals surface area (Å²) in [6, 6.07) is 8.14. The van der Waals surface area contributed by atoms with Gasteiger partial charge in [0, 0.05) is 18.2 Å². The van der Waals surface area contributed by atoms with Crippen molar-refractivity contribution in [2.75, 3.05) is 13.1 Å². The zero-order valence-electron chi connectivity index (χ0n) is 10.7. The minimum atomic E-state index is 0. The first-order valence-electron chi connectivity index (χ1n) is 6.40. The Hall–Kier alpha value is -1.06. The smallest absolute Gasteiger partial charge is 0.251 e. The molecule has 0 bridgehead atoms. The van der Waals surface area contributed by atoms with Crippen LogP contribution in [0.15, 0.2) is 24.3 Å². The number of amides is 1. The van der Waals surface area contributed by atoms with Gasteiger partial charge in [0.2, 0.25) is 0 Å². The number of hydrogen-bond donors (Lipinski definition) is 2. The summed E-state index contributed by atoms with van der Waals surface area (Å²) in [7, 11) is 0. The highest BCUT2D eigenvalue weighted by Gasteiger charge is 2.15. The third-order valence-corrected chi connectivity index (χ3v) is 3.26. The van der Waals surface area contributed by atoms with E-state index in [4.69, 9.17) is 0 Å². The van der Waals surface area contributed by atoms with Crippen molar-refractivity contribution in [1.29, 1.82) is 0 Å². The minimum absolute atomic E-state index is 0. The Labute approximate surface area is 115 Å². The summed E-state index contributed by atoms with van der Waals surface area (Å²) < 4.78 is 0. The maximum Gasteiger partial charge on any atom is 0.251 e. The quantitative estimate of drug-likeness (QED) is 0.882. The molecule has 0 spiro atoms. The van der Waals surface area contributed by atoms with Crippen molar-refractivity contribution < 1.29 is 4.79 Å². The average molecular weight is 269 g/mol. The van der Waals surface area contributed by atoms with Crippen LogP contribution in [0.1, 0.15) is 35.7 Å². The van der Waals surface area contributed by atoms with Crippen LogP contribution in [-0.4, -0.2) is 25.0 Å². The number of piperidine rings is 1. The van der Waals surface area contributed by atoms with E-state index in [0.717, 1.165) is 37.9 Å². The Balaban J connectivity index is 0.00000162. The summed E-state index contributed by atoms with van der Waals surface area (Å²) in [5.74, 6) is 0.0429. The molecule has 100 valence electrons. The standard InChI is InChI=1S/C14H20N2O.ClH/c1-2-11-5-7-12(8-6-11)14(17)16-13-4-3-9-15-10-13;/h5-8,13,15H,2-4,9-10H2,1H3,(H,16,17);1H. The van der Waals surface area contributed by atoms with Crippen molar-refractivity contribution in [2.24, 2.45) is 0 Å². The highest BCUT2D eigenvalue weighted by atomic mass is 35.5. The maximum atomic E-state index is 12.0. The van der Waals surface area contributed by atoms with Crippen molar-refractivity contribution >= 4 is 18.3 Å². The Kier molecular flexibility index (Phi) is 6.16. The topological polar surface area (TPSA) is 41.1 Å². The van der Waals surface area contributed by atoms with Gasteiger partial charge in [-0.1, -0.05) is 19.1 Å². The third-order valence-electron chi connectivity index (χ3n) is 3.26. The second-order valence-electron chi connectivity index (χ2n) is 4.57. The van der Waals surface area contributed by atoms with Gasteiger partial charge >= 0.3 is 0 Å². The van der Waals surface area contributed by atoms with Gasteiger partial charge in [-0.2, -0.15) is 0 Å². The first-order chi connectivity index (χ1) is 8.29. The highest BCUT2D eigenvalue weighted by molar-refractivity contribution is 5.94. The second-order valence-corrected chi connectivity index (χ2v) is 4.57. The molecule has 0 saturated carbocycles. The molecule has 1 aromatic carbocycles. The molecule has 4 heteroatoms. The molecule has 1 aliphatic rings. The number of hydrogen-bond acceptors (Lipinski definition) is 2. The zero-order chi connectivity index (χ0) is 12.1. The van der Waals surface area contributed by atoms with E-state index in [9.17, 15) is 4.79 Å². The fourth-order valence-corrected chi connectivity index (χ4v) is 2.14. The molecule has 1 atom stereocenters. The van der Waals surface area contributed by atoms with Crippen LogP contribution in [0.2, 0.25) is 0 Å². The molecule has 2 N–H and O–H groups in total. The minimum Gasteiger partial charge on any atom is -0.348 e. The monoisotopic (exact) mass is 268 g/mol. The lowest BCUT2D eigenvalue weighted by Crippen LogP contribution is -2.45. The number of carbonyl (C=O) groups is 1. The fraction of sp³-hybridized carbons (Fsp3) is 0.500. The van der Waals surface area contributed by atoms with Crippen LogP contribution in [0, 0.1) is 0 Å². The molecular formula is C14H21ClN2O. The van der Waals surface area contributed by atoms with Gasteiger partial charge in [0.15, 0.2) is 0 Å². The molecule has 0 radical (unpaired) electrons. The Morgan fingerprint density at radius 1 is 1.39 bits per heavy atom. The average Bonchev–Trinajstić information content (AvgIpc) is 2.40. The summed E-state index contributed by atoms with van der Waals surface area (Å²) in [4.78, 5) is 12.0. The van der Waals surface area contributed by atoms with E-state index < -0.39 is 0 Å². The zero-order valence-corrected chi connectivity index (χ0v) is 11.6. The van der Waals surface area contributed by atoms with Crippen molar-refractivity contribution in [3.63, 3.8) is 0 Å². The van der Waals surface area contributed by atoms with E-state index in [-0.39, 0.29) is 24.4 Å². The van der Waals surface area contributed by atoms with Gasteiger partial charge in [-0.15, -0.1) is 12.4 Å². The normalized spacial score (nSPS) is 18.8. The summed E-state index contributed by atoms with van der Waals surface area (Å²) in [6.45, 7) is 4.07. The first kappa shape index (κ1) is 15.0. The van der Waals surface area contributed by atoms with Crippen LogP contribution in [-0.2, 0) is 6.42 Å². The Morgan fingerprint density at radius 3 is 2.67 bits per heavy atom. The van der Waals surface area contributed by atoms with Crippen molar-refractivity contribution in [1.82, 2.24) is 10.6 Å². The summed E-state index contributed by atoms with van der Waals surface area (Å²) >= 11 is 0. The highest BCUT2D eigenvalue weighted by Crippen LogP contribution is 2.07. The van der Waals surface area contributed by atoms with Crippen LogP contribution in [0.3, 0.4) is 0 Å². The number of rotatable bonds is 3. The number of halogens is 1. The number of carbonyl (C=O) groups excluding carboxylic acids is 1. The van der Waals surface area contributed by atoms with Gasteiger partial charge in [0.05, 0.1) is 0 Å². The van der Waals surface area contributed by atoms with Crippen LogP contribution in [0.25, 0.3) is 0 Å². The predicted octanol–water partition coefficient (Wildman–Crippen LogP) is 2.15. The first-order valence-corrected chi connectivity index (χ1v) is 6.40. The van der Waals surface area contributed by atoms with Crippen molar-refractivity contribution in [3.8, 4) is 0 Å². The lowest BCUT2D eigenvalue weighted by atomic mass is 10.1. The van der Waals surface area contributed by atoms with Gasteiger partial charge < -0.3 is 10.6 Å². The van der Waals surface area contributed by atoms with Gasteiger partial charge in [0.25, 0.3) is 5.91 Å². The van der Waals surface area contributed by atoms with Crippen LogP contribution in [0.5, 0.6) is 0 Å². The maximum absolute atomic E-state index is 12.0. The molecule has 0 aromatic heterocycles. The molecule has 1 unspecified atom stereocenters.